The first-order chi connectivity index (χ1) is 9.10. The molecule has 2 aromatic rings. The summed E-state index contributed by atoms with van der Waals surface area (Å²) in [6.07, 6.45) is 2.70. The summed E-state index contributed by atoms with van der Waals surface area (Å²) in [5.74, 6) is -0.0483. The summed E-state index contributed by atoms with van der Waals surface area (Å²) in [7, 11) is 1.47. The van der Waals surface area contributed by atoms with Crippen molar-refractivity contribution >= 4 is 23.3 Å². The van der Waals surface area contributed by atoms with E-state index in [2.05, 4.69) is 15.3 Å². The Balaban J connectivity index is 2.20. The highest BCUT2D eigenvalue weighted by Gasteiger charge is 2.13. The van der Waals surface area contributed by atoms with Gasteiger partial charge in [-0.05, 0) is 12.1 Å². The summed E-state index contributed by atoms with van der Waals surface area (Å²) in [6.45, 7) is 0. The van der Waals surface area contributed by atoms with Gasteiger partial charge in [-0.25, -0.2) is 4.98 Å². The number of hydrogen-bond acceptors (Lipinski definition) is 5. The number of benzene rings is 1. The molecule has 0 saturated heterocycles. The molecule has 1 aromatic carbocycles. The first-order valence-corrected chi connectivity index (χ1v) is 5.64. The number of phenolic OH excluding ortho intramolecular Hbond substituents is 1. The minimum atomic E-state index is -0.517. The molecule has 0 atom stereocenters. The monoisotopic (exact) mass is 279 g/mol. The van der Waals surface area contributed by atoms with Crippen molar-refractivity contribution in [3.63, 3.8) is 0 Å². The number of methoxy groups -OCH3 is 1. The fourth-order valence-electron chi connectivity index (χ4n) is 1.42. The number of phenols is 1. The lowest BCUT2D eigenvalue weighted by molar-refractivity contribution is 0.102. The maximum absolute atomic E-state index is 11.9. The van der Waals surface area contributed by atoms with Crippen LogP contribution in [0, 0.1) is 0 Å². The van der Waals surface area contributed by atoms with Crippen molar-refractivity contribution in [1.82, 2.24) is 9.97 Å². The number of carbonyl (C=O) groups is 1. The minimum absolute atomic E-state index is 0.0996. The van der Waals surface area contributed by atoms with Gasteiger partial charge >= 0.3 is 0 Å². The Bertz CT molecular complexity index is 619. The quantitative estimate of drug-likeness (QED) is 0.899. The second kappa shape index (κ2) is 5.53. The molecule has 0 spiro atoms. The van der Waals surface area contributed by atoms with Crippen molar-refractivity contribution in [2.45, 2.75) is 0 Å². The molecular formula is C12H10ClN3O3. The first kappa shape index (κ1) is 13.1. The average molecular weight is 280 g/mol. The predicted octanol–water partition coefficient (Wildman–Crippen LogP) is 2.10. The highest BCUT2D eigenvalue weighted by molar-refractivity contribution is 6.29. The van der Waals surface area contributed by atoms with E-state index in [1.807, 2.05) is 0 Å². The SMILES string of the molecule is COc1ccc(C(=O)Nc2cncc(Cl)n2)c(O)c1. The summed E-state index contributed by atoms with van der Waals surface area (Å²) in [4.78, 5) is 19.6. The van der Waals surface area contributed by atoms with Crippen molar-refractivity contribution in [2.24, 2.45) is 0 Å². The van der Waals surface area contributed by atoms with Crippen LogP contribution in [0.4, 0.5) is 5.82 Å². The lowest BCUT2D eigenvalue weighted by atomic mass is 10.2. The van der Waals surface area contributed by atoms with Crippen LogP contribution in [0.2, 0.25) is 5.15 Å². The normalized spacial score (nSPS) is 10.0. The lowest BCUT2D eigenvalue weighted by Gasteiger charge is -2.07. The molecule has 0 unspecified atom stereocenters. The van der Waals surface area contributed by atoms with E-state index in [0.717, 1.165) is 0 Å². The average Bonchev–Trinajstić information content (AvgIpc) is 2.38. The van der Waals surface area contributed by atoms with Crippen LogP contribution in [-0.2, 0) is 0 Å². The number of carbonyl (C=O) groups excluding carboxylic acids is 1. The number of hydrogen-bond donors (Lipinski definition) is 2. The van der Waals surface area contributed by atoms with Crippen LogP contribution in [0.5, 0.6) is 11.5 Å². The van der Waals surface area contributed by atoms with Crippen molar-refractivity contribution in [2.75, 3.05) is 12.4 Å². The number of nitrogens with one attached hydrogen (secondary N) is 1. The fourth-order valence-corrected chi connectivity index (χ4v) is 1.56. The van der Waals surface area contributed by atoms with Crippen molar-refractivity contribution < 1.29 is 14.6 Å². The third kappa shape index (κ3) is 3.11. The highest BCUT2D eigenvalue weighted by atomic mass is 35.5. The topological polar surface area (TPSA) is 84.3 Å². The zero-order valence-electron chi connectivity index (χ0n) is 9.92. The van der Waals surface area contributed by atoms with Crippen molar-refractivity contribution in [3.8, 4) is 11.5 Å². The molecule has 0 radical (unpaired) electrons. The lowest BCUT2D eigenvalue weighted by Crippen LogP contribution is -2.13. The number of aromatic hydroxyl groups is 1. The van der Waals surface area contributed by atoms with E-state index >= 15 is 0 Å². The highest BCUT2D eigenvalue weighted by Crippen LogP contribution is 2.24. The van der Waals surface area contributed by atoms with Gasteiger partial charge in [0.05, 0.1) is 25.1 Å². The molecule has 0 aliphatic rings. The number of aromatic nitrogens is 2. The summed E-state index contributed by atoms with van der Waals surface area (Å²) in [6, 6.07) is 4.36. The minimum Gasteiger partial charge on any atom is -0.507 e. The maximum Gasteiger partial charge on any atom is 0.260 e. The molecule has 0 aliphatic carbocycles. The Morgan fingerprint density at radius 2 is 2.21 bits per heavy atom. The second-order valence-electron chi connectivity index (χ2n) is 3.56. The Labute approximate surface area is 114 Å². The van der Waals surface area contributed by atoms with Gasteiger partial charge in [0.1, 0.15) is 16.7 Å². The van der Waals surface area contributed by atoms with Crippen LogP contribution in [0.3, 0.4) is 0 Å². The van der Waals surface area contributed by atoms with Crippen LogP contribution in [-0.4, -0.2) is 28.1 Å². The van der Waals surface area contributed by atoms with Crippen LogP contribution in [0.1, 0.15) is 10.4 Å². The zero-order chi connectivity index (χ0) is 13.8. The van der Waals surface area contributed by atoms with Gasteiger partial charge in [-0.3, -0.25) is 9.78 Å². The molecule has 0 bridgehead atoms. The van der Waals surface area contributed by atoms with Crippen LogP contribution < -0.4 is 10.1 Å². The van der Waals surface area contributed by atoms with Gasteiger partial charge in [-0.2, -0.15) is 0 Å². The molecule has 0 fully saturated rings. The number of amides is 1. The Morgan fingerprint density at radius 1 is 1.42 bits per heavy atom. The van der Waals surface area contributed by atoms with Gasteiger partial charge in [-0.15, -0.1) is 0 Å². The molecule has 1 aromatic heterocycles. The fraction of sp³-hybridized carbons (Fsp3) is 0.0833. The standard InChI is InChI=1S/C12H10ClN3O3/c1-19-7-2-3-8(9(17)4-7)12(18)16-11-6-14-5-10(13)15-11/h2-6,17H,1H3,(H,15,16,18). The van der Waals surface area contributed by atoms with E-state index in [0.29, 0.717) is 5.75 Å². The number of anilines is 1. The smallest absolute Gasteiger partial charge is 0.260 e. The Kier molecular flexibility index (Phi) is 3.82. The van der Waals surface area contributed by atoms with E-state index in [1.165, 1.54) is 31.6 Å². The maximum atomic E-state index is 11.9. The van der Waals surface area contributed by atoms with E-state index < -0.39 is 5.91 Å². The summed E-state index contributed by atoms with van der Waals surface area (Å²) in [5, 5.41) is 12.4. The molecule has 2 N–H and O–H groups in total. The zero-order valence-corrected chi connectivity index (χ0v) is 10.7. The van der Waals surface area contributed by atoms with Gasteiger partial charge in [0, 0.05) is 6.07 Å². The predicted molar refractivity (Wildman–Crippen MR) is 69.7 cm³/mol. The third-order valence-electron chi connectivity index (χ3n) is 2.30. The van der Waals surface area contributed by atoms with Crippen molar-refractivity contribution in [3.05, 3.63) is 41.3 Å². The van der Waals surface area contributed by atoms with Crippen LogP contribution in [0.25, 0.3) is 0 Å². The molecule has 7 heteroatoms. The number of nitrogens with zero attached hydrogens (tertiary/aromatic N) is 2. The summed E-state index contributed by atoms with van der Waals surface area (Å²) >= 11 is 5.65. The van der Waals surface area contributed by atoms with E-state index in [1.54, 1.807) is 6.07 Å². The molecule has 6 nitrogen and oxygen atoms in total. The van der Waals surface area contributed by atoms with Crippen LogP contribution in [0.15, 0.2) is 30.6 Å². The number of rotatable bonds is 3. The van der Waals surface area contributed by atoms with Crippen molar-refractivity contribution in [1.29, 1.82) is 0 Å². The number of halogens is 1. The largest absolute Gasteiger partial charge is 0.507 e. The van der Waals surface area contributed by atoms with E-state index in [4.69, 9.17) is 16.3 Å². The Hall–Kier alpha value is -2.34. The summed E-state index contributed by atoms with van der Waals surface area (Å²) in [5.41, 5.74) is 0.0996. The van der Waals surface area contributed by atoms with Gasteiger partial charge in [0.2, 0.25) is 0 Å². The van der Waals surface area contributed by atoms with E-state index in [9.17, 15) is 9.90 Å². The Morgan fingerprint density at radius 3 is 2.84 bits per heavy atom. The second-order valence-corrected chi connectivity index (χ2v) is 3.95. The van der Waals surface area contributed by atoms with E-state index in [-0.39, 0.29) is 22.3 Å². The third-order valence-corrected chi connectivity index (χ3v) is 2.48. The molecule has 1 heterocycles. The van der Waals surface area contributed by atoms with Gasteiger partial charge in [-0.1, -0.05) is 11.6 Å². The summed E-state index contributed by atoms with van der Waals surface area (Å²) < 4.78 is 4.93. The molecule has 0 saturated carbocycles. The van der Waals surface area contributed by atoms with Crippen LogP contribution >= 0.6 is 11.6 Å². The molecule has 98 valence electrons. The molecule has 19 heavy (non-hydrogen) atoms. The first-order valence-electron chi connectivity index (χ1n) is 5.26. The van der Waals surface area contributed by atoms with Gasteiger partial charge in [0.15, 0.2) is 5.82 Å². The van der Waals surface area contributed by atoms with Gasteiger partial charge in [0.25, 0.3) is 5.91 Å². The molecule has 2 rings (SSSR count). The number of ether oxygens (including phenoxy) is 1. The molecule has 0 aliphatic heterocycles. The van der Waals surface area contributed by atoms with Gasteiger partial charge < -0.3 is 15.2 Å². The molecule has 1 amide bonds. The molecular weight excluding hydrogens is 270 g/mol.